The van der Waals surface area contributed by atoms with Crippen LogP contribution in [0.3, 0.4) is 0 Å². The van der Waals surface area contributed by atoms with E-state index in [2.05, 4.69) is 29.1 Å². The van der Waals surface area contributed by atoms with Crippen molar-refractivity contribution < 1.29 is 9.90 Å². The van der Waals surface area contributed by atoms with Crippen LogP contribution in [0.4, 0.5) is 0 Å². The zero-order valence-corrected chi connectivity index (χ0v) is 13.5. The monoisotopic (exact) mass is 285 g/mol. The van der Waals surface area contributed by atoms with Gasteiger partial charge in [0.15, 0.2) is 0 Å². The fourth-order valence-electron chi connectivity index (χ4n) is 2.92. The van der Waals surface area contributed by atoms with Crippen molar-refractivity contribution in [3.05, 3.63) is 0 Å². The molecule has 1 rings (SSSR count). The fraction of sp³-hybridized carbons (Fsp3) is 0.933. The van der Waals surface area contributed by atoms with Crippen molar-refractivity contribution in [2.75, 3.05) is 39.8 Å². The Bertz CT molecular complexity index is 303. The first-order valence-electron chi connectivity index (χ1n) is 7.84. The van der Waals surface area contributed by atoms with Gasteiger partial charge < -0.3 is 20.2 Å². The number of carboxylic acids is 1. The molecular weight excluding hydrogens is 254 g/mol. The molecule has 1 aliphatic rings. The third kappa shape index (κ3) is 4.72. The first kappa shape index (κ1) is 17.4. The maximum absolute atomic E-state index is 11.4. The second-order valence-electron chi connectivity index (χ2n) is 6.06. The van der Waals surface area contributed by atoms with Crippen molar-refractivity contribution in [3.8, 4) is 0 Å². The van der Waals surface area contributed by atoms with E-state index in [-0.39, 0.29) is 0 Å². The molecule has 0 aromatic carbocycles. The molecule has 0 spiro atoms. The van der Waals surface area contributed by atoms with Crippen LogP contribution in [-0.2, 0) is 4.79 Å². The van der Waals surface area contributed by atoms with Gasteiger partial charge in [0.25, 0.3) is 0 Å². The molecule has 0 saturated carbocycles. The van der Waals surface area contributed by atoms with Crippen molar-refractivity contribution >= 4 is 5.97 Å². The number of hydrogen-bond acceptors (Lipinski definition) is 4. The number of nitrogens with one attached hydrogen (secondary N) is 1. The van der Waals surface area contributed by atoms with Gasteiger partial charge in [-0.3, -0.25) is 4.79 Å². The zero-order valence-electron chi connectivity index (χ0n) is 13.5. The first-order chi connectivity index (χ1) is 9.42. The Kier molecular flexibility index (Phi) is 6.92. The summed E-state index contributed by atoms with van der Waals surface area (Å²) in [7, 11) is 2.13. The average molecular weight is 285 g/mol. The number of likely N-dealkylation sites (tertiary alicyclic amines) is 1. The standard InChI is InChI=1S/C15H31N3O2/c1-5-16-15(3,14(19)20)9-12-17(4)13-7-10-18(6-2)11-8-13/h13,16H,5-12H2,1-4H3,(H,19,20). The van der Waals surface area contributed by atoms with Gasteiger partial charge in [0.2, 0.25) is 0 Å². The second-order valence-corrected chi connectivity index (χ2v) is 6.06. The lowest BCUT2D eigenvalue weighted by Crippen LogP contribution is -2.52. The van der Waals surface area contributed by atoms with Gasteiger partial charge in [-0.2, -0.15) is 0 Å². The minimum Gasteiger partial charge on any atom is -0.480 e. The minimum atomic E-state index is -0.812. The minimum absolute atomic E-state index is 0.595. The van der Waals surface area contributed by atoms with Crippen LogP contribution >= 0.6 is 0 Å². The molecule has 1 heterocycles. The molecule has 0 aromatic rings. The first-order valence-corrected chi connectivity index (χ1v) is 7.84. The largest absolute Gasteiger partial charge is 0.480 e. The predicted molar refractivity (Wildman–Crippen MR) is 82.1 cm³/mol. The van der Waals surface area contributed by atoms with Gasteiger partial charge in [-0.05, 0) is 59.4 Å². The molecule has 0 bridgehead atoms. The van der Waals surface area contributed by atoms with Gasteiger partial charge in [0, 0.05) is 12.6 Å². The van der Waals surface area contributed by atoms with Crippen molar-refractivity contribution in [1.29, 1.82) is 0 Å². The highest BCUT2D eigenvalue weighted by Crippen LogP contribution is 2.17. The Morgan fingerprint density at radius 1 is 1.40 bits per heavy atom. The topological polar surface area (TPSA) is 55.8 Å². The number of carbonyl (C=O) groups is 1. The summed E-state index contributed by atoms with van der Waals surface area (Å²) in [4.78, 5) is 16.2. The molecule has 1 unspecified atom stereocenters. The number of rotatable bonds is 8. The van der Waals surface area contributed by atoms with Gasteiger partial charge in [-0.15, -0.1) is 0 Å². The molecule has 1 aliphatic heterocycles. The normalized spacial score (nSPS) is 21.1. The Balaban J connectivity index is 2.42. The van der Waals surface area contributed by atoms with Crippen LogP contribution in [0.15, 0.2) is 0 Å². The van der Waals surface area contributed by atoms with Crippen molar-refractivity contribution in [3.63, 3.8) is 0 Å². The van der Waals surface area contributed by atoms with Gasteiger partial charge in [0.05, 0.1) is 0 Å². The predicted octanol–water partition coefficient (Wildman–Crippen LogP) is 1.25. The second kappa shape index (κ2) is 7.96. The third-order valence-electron chi connectivity index (χ3n) is 4.63. The molecular formula is C15H31N3O2. The lowest BCUT2D eigenvalue weighted by Gasteiger charge is -2.37. The smallest absolute Gasteiger partial charge is 0.323 e. The van der Waals surface area contributed by atoms with Crippen LogP contribution in [0, 0.1) is 0 Å². The summed E-state index contributed by atoms with van der Waals surface area (Å²) in [6.45, 7) is 10.9. The quantitative estimate of drug-likeness (QED) is 0.703. The van der Waals surface area contributed by atoms with Crippen molar-refractivity contribution in [2.45, 2.75) is 51.6 Å². The van der Waals surface area contributed by atoms with Crippen LogP contribution in [-0.4, -0.2) is 72.2 Å². The van der Waals surface area contributed by atoms with Gasteiger partial charge in [-0.1, -0.05) is 13.8 Å². The van der Waals surface area contributed by atoms with Crippen LogP contribution < -0.4 is 5.32 Å². The third-order valence-corrected chi connectivity index (χ3v) is 4.63. The van der Waals surface area contributed by atoms with E-state index >= 15 is 0 Å². The number of piperidine rings is 1. The summed E-state index contributed by atoms with van der Waals surface area (Å²) in [6.07, 6.45) is 3.02. The van der Waals surface area contributed by atoms with E-state index in [1.165, 1.54) is 12.8 Å². The molecule has 2 N–H and O–H groups in total. The Morgan fingerprint density at radius 2 is 2.00 bits per heavy atom. The van der Waals surface area contributed by atoms with Gasteiger partial charge in [0.1, 0.15) is 5.54 Å². The van der Waals surface area contributed by atoms with Crippen LogP contribution in [0.2, 0.25) is 0 Å². The molecule has 1 fully saturated rings. The van der Waals surface area contributed by atoms with E-state index < -0.39 is 11.5 Å². The number of hydrogen-bond donors (Lipinski definition) is 2. The molecule has 1 atom stereocenters. The highest BCUT2D eigenvalue weighted by atomic mass is 16.4. The van der Waals surface area contributed by atoms with Gasteiger partial charge >= 0.3 is 5.97 Å². The average Bonchev–Trinajstić information content (AvgIpc) is 2.45. The molecule has 118 valence electrons. The maximum Gasteiger partial charge on any atom is 0.323 e. The Hall–Kier alpha value is -0.650. The maximum atomic E-state index is 11.4. The van der Waals surface area contributed by atoms with Crippen molar-refractivity contribution in [1.82, 2.24) is 15.1 Å². The van der Waals surface area contributed by atoms with E-state index in [0.717, 1.165) is 26.2 Å². The Labute approximate surface area is 123 Å². The number of aliphatic carboxylic acids is 1. The molecule has 5 heteroatoms. The van der Waals surface area contributed by atoms with E-state index in [9.17, 15) is 9.90 Å². The molecule has 0 amide bonds. The highest BCUT2D eigenvalue weighted by molar-refractivity contribution is 5.78. The van der Waals surface area contributed by atoms with E-state index in [1.54, 1.807) is 6.92 Å². The lowest BCUT2D eigenvalue weighted by atomic mass is 9.96. The summed E-state index contributed by atoms with van der Waals surface area (Å²) in [5.41, 5.74) is -0.812. The van der Waals surface area contributed by atoms with Crippen molar-refractivity contribution in [2.24, 2.45) is 0 Å². The van der Waals surface area contributed by atoms with Crippen LogP contribution in [0.25, 0.3) is 0 Å². The highest BCUT2D eigenvalue weighted by Gasteiger charge is 2.32. The summed E-state index contributed by atoms with van der Waals surface area (Å²) in [5, 5.41) is 12.5. The molecule has 5 nitrogen and oxygen atoms in total. The van der Waals surface area contributed by atoms with Crippen LogP contribution in [0.5, 0.6) is 0 Å². The fourth-order valence-corrected chi connectivity index (χ4v) is 2.92. The summed E-state index contributed by atoms with van der Waals surface area (Å²) in [5.74, 6) is -0.756. The number of nitrogens with zero attached hydrogens (tertiary/aromatic N) is 2. The zero-order chi connectivity index (χ0) is 15.2. The van der Waals surface area contributed by atoms with E-state index in [4.69, 9.17) is 0 Å². The molecule has 1 saturated heterocycles. The summed E-state index contributed by atoms with van der Waals surface area (Å²) < 4.78 is 0. The summed E-state index contributed by atoms with van der Waals surface area (Å²) >= 11 is 0. The SMILES string of the molecule is CCNC(C)(CCN(C)C1CCN(CC)CC1)C(=O)O. The number of carboxylic acid groups (broad SMARTS) is 1. The Morgan fingerprint density at radius 3 is 2.45 bits per heavy atom. The van der Waals surface area contributed by atoms with E-state index in [0.29, 0.717) is 19.0 Å². The van der Waals surface area contributed by atoms with Crippen LogP contribution in [0.1, 0.15) is 40.0 Å². The summed E-state index contributed by atoms with van der Waals surface area (Å²) in [6, 6.07) is 0.595. The lowest BCUT2D eigenvalue weighted by molar-refractivity contribution is -0.144. The van der Waals surface area contributed by atoms with Gasteiger partial charge in [-0.25, -0.2) is 0 Å². The number of likely N-dealkylation sites (N-methyl/N-ethyl adjacent to an activating group) is 1. The molecule has 0 radical (unpaired) electrons. The molecule has 0 aliphatic carbocycles. The molecule has 20 heavy (non-hydrogen) atoms. The van der Waals surface area contributed by atoms with E-state index in [1.807, 2.05) is 6.92 Å². The molecule has 0 aromatic heterocycles.